The minimum atomic E-state index is -0.696. The second kappa shape index (κ2) is 10.7. The number of hydrogen-bond acceptors (Lipinski definition) is 5. The van der Waals surface area contributed by atoms with Gasteiger partial charge in [-0.25, -0.2) is 9.78 Å². The fraction of sp³-hybridized carbons (Fsp3) is 0.360. The van der Waals surface area contributed by atoms with Crippen molar-refractivity contribution in [1.82, 2.24) is 19.5 Å². The molecule has 1 N–H and O–H groups in total. The van der Waals surface area contributed by atoms with Gasteiger partial charge in [-0.05, 0) is 41.3 Å². The Morgan fingerprint density at radius 2 is 1.76 bits per heavy atom. The number of nitrogens with one attached hydrogen (secondary N) is 1. The molecule has 2 aromatic carbocycles. The largest absolute Gasteiger partial charge is 0.379 e. The number of fused-ring (bicyclic) bond motifs is 2. The van der Waals surface area contributed by atoms with E-state index < -0.39 is 11.2 Å². The van der Waals surface area contributed by atoms with Crippen LogP contribution in [0.2, 0.25) is 5.02 Å². The van der Waals surface area contributed by atoms with Crippen molar-refractivity contribution in [3.63, 3.8) is 0 Å². The minimum Gasteiger partial charge on any atom is -0.379 e. The van der Waals surface area contributed by atoms with Gasteiger partial charge in [-0.15, -0.1) is 0 Å². The normalized spacial score (nSPS) is 12.1. The summed E-state index contributed by atoms with van der Waals surface area (Å²) in [5.41, 5.74) is 2.52. The molecule has 7 nitrogen and oxygen atoms in total. The number of aromatic nitrogens is 4. The van der Waals surface area contributed by atoms with E-state index in [2.05, 4.69) is 28.8 Å². The minimum absolute atomic E-state index is 0.134. The molecule has 1 unspecified atom stereocenters. The fourth-order valence-electron chi connectivity index (χ4n) is 3.67. The smallest absolute Gasteiger partial charge is 0.349 e. The summed E-state index contributed by atoms with van der Waals surface area (Å²) in [5, 5.41) is 0.672. The molecular weight excluding hydrogens is 440 g/mol. The first-order valence-corrected chi connectivity index (χ1v) is 11.4. The van der Waals surface area contributed by atoms with Crippen LogP contribution in [-0.4, -0.2) is 32.7 Å². The molecule has 0 bridgehead atoms. The standard InChI is InChI=1S/C23H23ClN4O3.C2H6/c1-13(2)15-6-9-19-18(11-15)25-20-21(26-23(30)27-22(20)29)28(19)12-17(31-3)10-14-4-7-16(24)8-5-14;1-2/h4-9,11,13,17H,10,12H2,1-3H3,(H,27,29,30);1-2H3. The Bertz CT molecular complexity index is 1310. The van der Waals surface area contributed by atoms with Gasteiger partial charge in [0.2, 0.25) is 0 Å². The van der Waals surface area contributed by atoms with Crippen LogP contribution >= 0.6 is 11.6 Å². The molecule has 0 fully saturated rings. The van der Waals surface area contributed by atoms with Crippen LogP contribution in [0.1, 0.15) is 44.7 Å². The molecule has 1 atom stereocenters. The first-order chi connectivity index (χ1) is 15.9. The van der Waals surface area contributed by atoms with Crippen molar-refractivity contribution in [2.45, 2.75) is 52.7 Å². The Kier molecular flexibility index (Phi) is 8.00. The van der Waals surface area contributed by atoms with E-state index in [4.69, 9.17) is 16.3 Å². The third kappa shape index (κ3) is 5.49. The maximum Gasteiger partial charge on any atom is 0.349 e. The van der Waals surface area contributed by atoms with Gasteiger partial charge >= 0.3 is 5.69 Å². The van der Waals surface area contributed by atoms with E-state index in [1.807, 2.05) is 60.9 Å². The van der Waals surface area contributed by atoms with Gasteiger partial charge in [0.1, 0.15) is 0 Å². The van der Waals surface area contributed by atoms with Crippen LogP contribution < -0.4 is 11.2 Å². The number of aromatic amines is 1. The van der Waals surface area contributed by atoms with Gasteiger partial charge in [-0.1, -0.05) is 57.5 Å². The summed E-state index contributed by atoms with van der Waals surface area (Å²) in [6.45, 7) is 8.59. The lowest BCUT2D eigenvalue weighted by atomic mass is 10.0. The molecule has 8 heteroatoms. The zero-order valence-electron chi connectivity index (χ0n) is 19.6. The van der Waals surface area contributed by atoms with Gasteiger partial charge in [-0.2, -0.15) is 4.98 Å². The second-order valence-electron chi connectivity index (χ2n) is 7.86. The van der Waals surface area contributed by atoms with Crippen molar-refractivity contribution >= 4 is 22.6 Å². The van der Waals surface area contributed by atoms with Crippen molar-refractivity contribution in [1.29, 1.82) is 0 Å². The SMILES string of the molecule is CC.COC(Cc1ccc(Cl)cc1)Cn1c2nc(=O)[nH]c(=O)c-2nc2cc(C(C)C)ccc21. The summed E-state index contributed by atoms with van der Waals surface area (Å²) >= 11 is 5.99. The molecule has 2 aromatic rings. The quantitative estimate of drug-likeness (QED) is 0.416. The van der Waals surface area contributed by atoms with Crippen molar-refractivity contribution in [2.75, 3.05) is 7.11 Å². The van der Waals surface area contributed by atoms with E-state index >= 15 is 0 Å². The van der Waals surface area contributed by atoms with Gasteiger partial charge < -0.3 is 9.30 Å². The van der Waals surface area contributed by atoms with Crippen molar-refractivity contribution in [3.05, 3.63) is 79.5 Å². The van der Waals surface area contributed by atoms with Crippen molar-refractivity contribution in [3.8, 4) is 11.5 Å². The van der Waals surface area contributed by atoms with E-state index in [1.165, 1.54) is 0 Å². The van der Waals surface area contributed by atoms with E-state index in [0.717, 1.165) is 16.6 Å². The number of benzene rings is 2. The number of rotatable bonds is 6. The topological polar surface area (TPSA) is 89.9 Å². The molecule has 0 aromatic heterocycles. The van der Waals surface area contributed by atoms with Crippen LogP contribution in [0.5, 0.6) is 0 Å². The van der Waals surface area contributed by atoms with Crippen LogP contribution in [0.15, 0.2) is 52.1 Å². The highest BCUT2D eigenvalue weighted by Crippen LogP contribution is 2.25. The van der Waals surface area contributed by atoms with Gasteiger partial charge in [0.15, 0.2) is 11.5 Å². The van der Waals surface area contributed by atoms with Crippen LogP contribution in [0, 0.1) is 0 Å². The summed E-state index contributed by atoms with van der Waals surface area (Å²) in [5.74, 6) is 0.559. The molecule has 0 amide bonds. The maximum atomic E-state index is 12.5. The van der Waals surface area contributed by atoms with Crippen LogP contribution in [0.4, 0.5) is 0 Å². The van der Waals surface area contributed by atoms with Crippen molar-refractivity contribution < 1.29 is 4.74 Å². The molecule has 2 aliphatic rings. The lowest BCUT2D eigenvalue weighted by Gasteiger charge is -2.22. The lowest BCUT2D eigenvalue weighted by molar-refractivity contribution is 0.0890. The van der Waals surface area contributed by atoms with E-state index in [9.17, 15) is 9.59 Å². The lowest BCUT2D eigenvalue weighted by Crippen LogP contribution is -2.31. The van der Waals surface area contributed by atoms with Gasteiger partial charge in [0.05, 0.1) is 23.7 Å². The zero-order valence-corrected chi connectivity index (χ0v) is 20.3. The highest BCUT2D eigenvalue weighted by Gasteiger charge is 2.21. The monoisotopic (exact) mass is 468 g/mol. The van der Waals surface area contributed by atoms with Gasteiger partial charge in [-0.3, -0.25) is 9.78 Å². The van der Waals surface area contributed by atoms with Gasteiger partial charge in [0, 0.05) is 18.6 Å². The first-order valence-electron chi connectivity index (χ1n) is 11.1. The second-order valence-corrected chi connectivity index (χ2v) is 8.29. The average molecular weight is 469 g/mol. The fourth-order valence-corrected chi connectivity index (χ4v) is 3.80. The molecule has 0 aliphatic carbocycles. The Hall–Kier alpha value is -3.03. The third-order valence-corrected chi connectivity index (χ3v) is 5.65. The Balaban J connectivity index is 0.00000149. The van der Waals surface area contributed by atoms with E-state index in [-0.39, 0.29) is 17.6 Å². The van der Waals surface area contributed by atoms with Crippen LogP contribution in [0.3, 0.4) is 0 Å². The number of halogens is 1. The van der Waals surface area contributed by atoms with E-state index in [1.54, 1.807) is 7.11 Å². The molecule has 0 saturated heterocycles. The Morgan fingerprint density at radius 3 is 2.39 bits per heavy atom. The highest BCUT2D eigenvalue weighted by atomic mass is 35.5. The number of H-pyrrole nitrogens is 1. The van der Waals surface area contributed by atoms with Crippen LogP contribution in [-0.2, 0) is 17.7 Å². The molecule has 0 radical (unpaired) electrons. The molecule has 0 spiro atoms. The Morgan fingerprint density at radius 1 is 1.06 bits per heavy atom. The number of nitrogens with zero attached hydrogens (tertiary/aromatic N) is 3. The molecule has 0 saturated carbocycles. The number of hydrogen-bond donors (Lipinski definition) is 1. The predicted octanol–water partition coefficient (Wildman–Crippen LogP) is 4.65. The summed E-state index contributed by atoms with van der Waals surface area (Å²) in [7, 11) is 1.64. The Labute approximate surface area is 197 Å². The maximum absolute atomic E-state index is 12.5. The summed E-state index contributed by atoms with van der Waals surface area (Å²) < 4.78 is 7.59. The summed E-state index contributed by atoms with van der Waals surface area (Å²) in [6, 6.07) is 13.5. The summed E-state index contributed by atoms with van der Waals surface area (Å²) in [4.78, 5) is 35.2. The molecule has 4 rings (SSSR count). The average Bonchev–Trinajstić information content (AvgIpc) is 2.81. The highest BCUT2D eigenvalue weighted by molar-refractivity contribution is 6.30. The molecular formula is C25H29ClN4O3. The number of methoxy groups -OCH3 is 1. The first kappa shape index (κ1) is 24.6. The van der Waals surface area contributed by atoms with Crippen LogP contribution in [0.25, 0.3) is 22.6 Å². The van der Waals surface area contributed by atoms with Crippen molar-refractivity contribution in [2.24, 2.45) is 0 Å². The number of ether oxygens (including phenoxy) is 1. The van der Waals surface area contributed by atoms with E-state index in [0.29, 0.717) is 29.4 Å². The third-order valence-electron chi connectivity index (χ3n) is 5.40. The predicted molar refractivity (Wildman–Crippen MR) is 132 cm³/mol. The van der Waals surface area contributed by atoms with Gasteiger partial charge in [0.25, 0.3) is 5.56 Å². The molecule has 33 heavy (non-hydrogen) atoms. The molecule has 2 aliphatic heterocycles. The molecule has 174 valence electrons. The molecule has 2 heterocycles. The summed E-state index contributed by atoms with van der Waals surface area (Å²) in [6.07, 6.45) is 0.407. The zero-order chi connectivity index (χ0) is 24.1.